The number of anilines is 2. The lowest BCUT2D eigenvalue weighted by Crippen LogP contribution is -2.30. The number of nitrogens with one attached hydrogen (secondary N) is 1. The SMILES string of the molecule is COc1cc(C=C2C(=O)N(c3ccccc3)C(=S)N2C)c(Br)cc1OCC(=O)Nc1ccccc1C. The number of nitrogens with zero attached hydrogens (tertiary/aromatic N) is 2. The summed E-state index contributed by atoms with van der Waals surface area (Å²) in [7, 11) is 3.27. The molecule has 1 N–H and O–H groups in total. The number of para-hydroxylation sites is 2. The first-order valence-electron chi connectivity index (χ1n) is 11.0. The van der Waals surface area contributed by atoms with Crippen LogP contribution in [0.3, 0.4) is 0 Å². The number of benzene rings is 3. The van der Waals surface area contributed by atoms with Gasteiger partial charge in [-0.05, 0) is 66.7 Å². The number of rotatable bonds is 7. The summed E-state index contributed by atoms with van der Waals surface area (Å²) in [5.74, 6) is 0.289. The lowest BCUT2D eigenvalue weighted by Gasteiger charge is -2.16. The highest BCUT2D eigenvalue weighted by atomic mass is 79.9. The molecule has 1 fully saturated rings. The highest BCUT2D eigenvalue weighted by Gasteiger charge is 2.36. The van der Waals surface area contributed by atoms with Crippen LogP contribution < -0.4 is 19.7 Å². The summed E-state index contributed by atoms with van der Waals surface area (Å²) in [5, 5.41) is 3.23. The van der Waals surface area contributed by atoms with Crippen LogP contribution in [0.2, 0.25) is 0 Å². The minimum absolute atomic E-state index is 0.195. The van der Waals surface area contributed by atoms with E-state index in [0.29, 0.717) is 38.0 Å². The van der Waals surface area contributed by atoms with E-state index in [0.717, 1.165) is 11.3 Å². The molecule has 184 valence electrons. The monoisotopic (exact) mass is 565 g/mol. The van der Waals surface area contributed by atoms with Gasteiger partial charge in [-0.3, -0.25) is 14.5 Å². The van der Waals surface area contributed by atoms with Crippen LogP contribution in [0.5, 0.6) is 11.5 Å². The lowest BCUT2D eigenvalue weighted by atomic mass is 10.1. The fourth-order valence-electron chi connectivity index (χ4n) is 3.69. The van der Waals surface area contributed by atoms with Crippen molar-refractivity contribution in [3.8, 4) is 11.5 Å². The summed E-state index contributed by atoms with van der Waals surface area (Å²) in [6.45, 7) is 1.72. The van der Waals surface area contributed by atoms with Crippen molar-refractivity contribution in [3.05, 3.63) is 88.0 Å². The van der Waals surface area contributed by atoms with Crippen LogP contribution in [0, 0.1) is 6.92 Å². The molecule has 9 heteroatoms. The van der Waals surface area contributed by atoms with Crippen LogP contribution in [0.15, 0.2) is 76.9 Å². The third-order valence-corrected chi connectivity index (χ3v) is 6.77. The molecule has 0 radical (unpaired) electrons. The molecule has 0 atom stereocenters. The number of amides is 2. The van der Waals surface area contributed by atoms with Gasteiger partial charge in [-0.15, -0.1) is 0 Å². The van der Waals surface area contributed by atoms with E-state index >= 15 is 0 Å². The van der Waals surface area contributed by atoms with E-state index in [9.17, 15) is 9.59 Å². The number of ether oxygens (including phenoxy) is 2. The number of carbonyl (C=O) groups excluding carboxylic acids is 2. The largest absolute Gasteiger partial charge is 0.493 e. The van der Waals surface area contributed by atoms with E-state index in [4.69, 9.17) is 21.7 Å². The van der Waals surface area contributed by atoms with Gasteiger partial charge in [0.05, 0.1) is 12.8 Å². The highest BCUT2D eigenvalue weighted by Crippen LogP contribution is 2.36. The predicted octanol–water partition coefficient (Wildman–Crippen LogP) is 5.39. The zero-order valence-electron chi connectivity index (χ0n) is 19.9. The van der Waals surface area contributed by atoms with Crippen molar-refractivity contribution in [1.82, 2.24) is 4.90 Å². The number of methoxy groups -OCH3 is 1. The number of likely N-dealkylation sites (N-methyl/N-ethyl adjacent to an activating group) is 1. The molecule has 0 aromatic heterocycles. The number of halogens is 1. The van der Waals surface area contributed by atoms with Crippen molar-refractivity contribution in [1.29, 1.82) is 0 Å². The van der Waals surface area contributed by atoms with Crippen molar-refractivity contribution < 1.29 is 19.1 Å². The maximum atomic E-state index is 13.2. The smallest absolute Gasteiger partial charge is 0.281 e. The van der Waals surface area contributed by atoms with Crippen LogP contribution >= 0.6 is 28.1 Å². The van der Waals surface area contributed by atoms with Gasteiger partial charge in [-0.25, -0.2) is 0 Å². The molecule has 1 saturated heterocycles. The minimum Gasteiger partial charge on any atom is -0.493 e. The quantitative estimate of drug-likeness (QED) is 0.306. The molecular formula is C27H24BrN3O4S. The van der Waals surface area contributed by atoms with Crippen molar-refractivity contribution in [2.24, 2.45) is 0 Å². The van der Waals surface area contributed by atoms with Gasteiger partial charge in [0.15, 0.2) is 23.2 Å². The number of carbonyl (C=O) groups is 2. The first-order chi connectivity index (χ1) is 17.3. The summed E-state index contributed by atoms with van der Waals surface area (Å²) >= 11 is 9.07. The number of aryl methyl sites for hydroxylation is 1. The van der Waals surface area contributed by atoms with Gasteiger partial charge in [0, 0.05) is 17.2 Å². The van der Waals surface area contributed by atoms with Gasteiger partial charge in [0.2, 0.25) is 0 Å². The summed E-state index contributed by atoms with van der Waals surface area (Å²) < 4.78 is 11.9. The Balaban J connectivity index is 1.54. The molecule has 1 aliphatic heterocycles. The highest BCUT2D eigenvalue weighted by molar-refractivity contribution is 9.10. The van der Waals surface area contributed by atoms with Crippen LogP contribution in [-0.2, 0) is 9.59 Å². The number of hydrogen-bond donors (Lipinski definition) is 1. The topological polar surface area (TPSA) is 71.1 Å². The Bertz CT molecular complexity index is 1360. The second-order valence-corrected chi connectivity index (χ2v) is 9.24. The third kappa shape index (κ3) is 5.27. The number of thiocarbonyl (C=S) groups is 1. The fraction of sp³-hybridized carbons (Fsp3) is 0.148. The summed E-state index contributed by atoms with van der Waals surface area (Å²) in [4.78, 5) is 28.8. The minimum atomic E-state index is -0.290. The van der Waals surface area contributed by atoms with Crippen LogP contribution in [0.25, 0.3) is 6.08 Å². The molecule has 7 nitrogen and oxygen atoms in total. The Morgan fingerprint density at radius 3 is 2.47 bits per heavy atom. The van der Waals surface area contributed by atoms with E-state index in [1.54, 1.807) is 30.2 Å². The molecule has 36 heavy (non-hydrogen) atoms. The molecule has 3 aromatic carbocycles. The van der Waals surface area contributed by atoms with E-state index < -0.39 is 0 Å². The standard InChI is InChI=1S/C27H24BrN3O4S/c1-17-9-7-8-12-21(17)29-25(32)16-35-24-15-20(28)18(14-23(24)34-3)13-22-26(33)31(27(36)30(22)2)19-10-5-4-6-11-19/h4-15H,16H2,1-3H3,(H,29,32). The number of hydrogen-bond acceptors (Lipinski definition) is 5. The molecule has 2 amide bonds. The van der Waals surface area contributed by atoms with Gasteiger partial charge in [0.1, 0.15) is 5.70 Å². The van der Waals surface area contributed by atoms with E-state index in [2.05, 4.69) is 21.2 Å². The van der Waals surface area contributed by atoms with E-state index in [1.165, 1.54) is 12.0 Å². The molecule has 0 spiro atoms. The molecule has 3 aromatic rings. The predicted molar refractivity (Wildman–Crippen MR) is 148 cm³/mol. The first kappa shape index (κ1) is 25.4. The Labute approximate surface area is 223 Å². The van der Waals surface area contributed by atoms with E-state index in [1.807, 2.05) is 61.5 Å². The second-order valence-electron chi connectivity index (χ2n) is 8.02. The molecule has 0 bridgehead atoms. The normalized spacial score (nSPS) is 14.4. The van der Waals surface area contributed by atoms with Crippen molar-refractivity contribution in [2.75, 3.05) is 31.0 Å². The zero-order chi connectivity index (χ0) is 25.8. The van der Waals surface area contributed by atoms with Gasteiger partial charge < -0.3 is 19.7 Å². The summed E-state index contributed by atoms with van der Waals surface area (Å²) in [5.41, 5.74) is 3.50. The zero-order valence-corrected chi connectivity index (χ0v) is 22.4. The van der Waals surface area contributed by atoms with Crippen LogP contribution in [0.4, 0.5) is 11.4 Å². The van der Waals surface area contributed by atoms with Gasteiger partial charge >= 0.3 is 0 Å². The van der Waals surface area contributed by atoms with Crippen molar-refractivity contribution in [3.63, 3.8) is 0 Å². The van der Waals surface area contributed by atoms with Crippen molar-refractivity contribution >= 4 is 62.5 Å². The Morgan fingerprint density at radius 1 is 1.08 bits per heavy atom. The molecule has 0 saturated carbocycles. The average Bonchev–Trinajstić information content (AvgIpc) is 3.08. The molecule has 1 heterocycles. The molecule has 1 aliphatic rings. The first-order valence-corrected chi connectivity index (χ1v) is 12.2. The van der Waals surface area contributed by atoms with Gasteiger partial charge in [-0.1, -0.05) is 52.3 Å². The second kappa shape index (κ2) is 10.9. The van der Waals surface area contributed by atoms with Crippen LogP contribution in [0.1, 0.15) is 11.1 Å². The average molecular weight is 566 g/mol. The van der Waals surface area contributed by atoms with Gasteiger partial charge in [0.25, 0.3) is 11.8 Å². The maximum absolute atomic E-state index is 13.2. The third-order valence-electron chi connectivity index (χ3n) is 5.63. The van der Waals surface area contributed by atoms with Gasteiger partial charge in [-0.2, -0.15) is 0 Å². The summed E-state index contributed by atoms with van der Waals surface area (Å²) in [6.07, 6.45) is 1.73. The van der Waals surface area contributed by atoms with Crippen LogP contribution in [-0.4, -0.2) is 42.6 Å². The molecular weight excluding hydrogens is 542 g/mol. The Morgan fingerprint density at radius 2 is 1.78 bits per heavy atom. The molecule has 4 rings (SSSR count). The fourth-order valence-corrected chi connectivity index (χ4v) is 4.41. The Kier molecular flexibility index (Phi) is 7.71. The summed E-state index contributed by atoms with van der Waals surface area (Å²) in [6, 6.07) is 20.2. The maximum Gasteiger partial charge on any atom is 0.281 e. The Hall–Kier alpha value is -3.69. The lowest BCUT2D eigenvalue weighted by molar-refractivity contribution is -0.118. The van der Waals surface area contributed by atoms with Crippen molar-refractivity contribution in [2.45, 2.75) is 6.92 Å². The molecule has 0 unspecified atom stereocenters. The molecule has 0 aliphatic carbocycles. The van der Waals surface area contributed by atoms with E-state index in [-0.39, 0.29) is 18.4 Å².